The Kier molecular flexibility index (Phi) is 6.82. The van der Waals surface area contributed by atoms with Crippen LogP contribution in [0.1, 0.15) is 34.5 Å². The van der Waals surface area contributed by atoms with E-state index in [0.717, 1.165) is 16.5 Å². The molecule has 0 aliphatic carbocycles. The molecule has 6 rings (SSSR count). The molecule has 2 aliphatic heterocycles. The van der Waals surface area contributed by atoms with Crippen LogP contribution in [0, 0.1) is 5.82 Å². The zero-order valence-electron chi connectivity index (χ0n) is 20.9. The largest absolute Gasteiger partial charge is 0.488 e. The molecule has 0 radical (unpaired) electrons. The summed E-state index contributed by atoms with van der Waals surface area (Å²) < 4.78 is 34.0. The first-order valence-electron chi connectivity index (χ1n) is 12.8. The number of rotatable bonds is 6. The standard InChI is InChI=1S/C30H28ClFN2O4/c31-23-7-3-5-21(17-23)19-34-26-9-4-10-28(36-20-22-6-1-2-8-25(22)32)24(26)18-27(34)29(35)33-13-11-30(12-14-33)37-15-16-38-30/h1-10,17-18H,11-16,19-20H2. The lowest BCUT2D eigenvalue weighted by Crippen LogP contribution is -2.47. The molecule has 4 aromatic rings. The van der Waals surface area contributed by atoms with E-state index in [-0.39, 0.29) is 18.3 Å². The van der Waals surface area contributed by atoms with E-state index in [4.69, 9.17) is 25.8 Å². The van der Waals surface area contributed by atoms with Crippen molar-refractivity contribution in [3.8, 4) is 5.75 Å². The molecule has 1 spiro atoms. The highest BCUT2D eigenvalue weighted by atomic mass is 35.5. The second kappa shape index (κ2) is 10.4. The average molecular weight is 535 g/mol. The Morgan fingerprint density at radius 3 is 2.50 bits per heavy atom. The highest BCUT2D eigenvalue weighted by molar-refractivity contribution is 6.30. The molecule has 1 aromatic heterocycles. The van der Waals surface area contributed by atoms with E-state index in [2.05, 4.69) is 0 Å². The lowest BCUT2D eigenvalue weighted by atomic mass is 10.0. The van der Waals surface area contributed by atoms with Crippen LogP contribution in [-0.2, 0) is 22.6 Å². The van der Waals surface area contributed by atoms with Crippen LogP contribution in [0.3, 0.4) is 0 Å². The molecule has 0 N–H and O–H groups in total. The highest BCUT2D eigenvalue weighted by Gasteiger charge is 2.41. The Bertz CT molecular complexity index is 1470. The summed E-state index contributed by atoms with van der Waals surface area (Å²) in [5.74, 6) is -0.337. The summed E-state index contributed by atoms with van der Waals surface area (Å²) >= 11 is 6.27. The van der Waals surface area contributed by atoms with Crippen LogP contribution in [0.2, 0.25) is 5.02 Å². The van der Waals surface area contributed by atoms with Crippen molar-refractivity contribution in [1.82, 2.24) is 9.47 Å². The van der Waals surface area contributed by atoms with Gasteiger partial charge in [0, 0.05) is 48.4 Å². The maximum absolute atomic E-state index is 14.2. The van der Waals surface area contributed by atoms with Crippen LogP contribution in [-0.4, -0.2) is 47.5 Å². The summed E-state index contributed by atoms with van der Waals surface area (Å²) in [6.45, 7) is 2.84. The Balaban J connectivity index is 1.34. The zero-order chi connectivity index (χ0) is 26.1. The van der Waals surface area contributed by atoms with Gasteiger partial charge in [0.2, 0.25) is 0 Å². The third-order valence-electron chi connectivity index (χ3n) is 7.32. The number of fused-ring (bicyclic) bond motifs is 1. The number of ether oxygens (including phenoxy) is 3. The number of nitrogens with zero attached hydrogens (tertiary/aromatic N) is 2. The molecule has 0 unspecified atom stereocenters. The summed E-state index contributed by atoms with van der Waals surface area (Å²) in [7, 11) is 0. The molecule has 2 aliphatic rings. The van der Waals surface area contributed by atoms with Crippen LogP contribution >= 0.6 is 11.6 Å². The third-order valence-corrected chi connectivity index (χ3v) is 7.56. The quantitative estimate of drug-likeness (QED) is 0.303. The van der Waals surface area contributed by atoms with Gasteiger partial charge in [0.15, 0.2) is 5.79 Å². The fraction of sp³-hybridized carbons (Fsp3) is 0.300. The van der Waals surface area contributed by atoms with Crippen molar-refractivity contribution in [2.45, 2.75) is 31.8 Å². The molecule has 0 saturated carbocycles. The van der Waals surface area contributed by atoms with Gasteiger partial charge in [0.1, 0.15) is 23.9 Å². The van der Waals surface area contributed by atoms with Gasteiger partial charge in [-0.15, -0.1) is 0 Å². The molecular weight excluding hydrogens is 507 g/mol. The van der Waals surface area contributed by atoms with Crippen molar-refractivity contribution in [1.29, 1.82) is 0 Å². The SMILES string of the molecule is O=C(c1cc2c(OCc3ccccc3F)cccc2n1Cc1cccc(Cl)c1)N1CCC2(CC1)OCCO2. The average Bonchev–Trinajstić information content (AvgIpc) is 3.53. The first kappa shape index (κ1) is 24.9. The van der Waals surface area contributed by atoms with E-state index in [0.29, 0.717) is 67.7 Å². The fourth-order valence-electron chi connectivity index (χ4n) is 5.32. The Morgan fingerprint density at radius 1 is 0.974 bits per heavy atom. The second-order valence-electron chi connectivity index (χ2n) is 9.71. The van der Waals surface area contributed by atoms with Crippen LogP contribution in [0.5, 0.6) is 5.75 Å². The maximum atomic E-state index is 14.2. The number of aromatic nitrogens is 1. The van der Waals surface area contributed by atoms with Gasteiger partial charge in [-0.3, -0.25) is 4.79 Å². The van der Waals surface area contributed by atoms with Gasteiger partial charge < -0.3 is 23.7 Å². The molecule has 8 heteroatoms. The second-order valence-corrected chi connectivity index (χ2v) is 10.2. The van der Waals surface area contributed by atoms with Crippen molar-refractivity contribution in [2.75, 3.05) is 26.3 Å². The zero-order valence-corrected chi connectivity index (χ0v) is 21.6. The molecule has 0 atom stereocenters. The minimum atomic E-state index is -0.558. The molecule has 3 aromatic carbocycles. The van der Waals surface area contributed by atoms with Gasteiger partial charge >= 0.3 is 0 Å². The fourth-order valence-corrected chi connectivity index (χ4v) is 5.53. The van der Waals surface area contributed by atoms with Gasteiger partial charge in [-0.05, 0) is 42.0 Å². The lowest BCUT2D eigenvalue weighted by molar-refractivity contribution is -0.181. The summed E-state index contributed by atoms with van der Waals surface area (Å²) in [5, 5.41) is 1.43. The number of likely N-dealkylation sites (tertiary alicyclic amines) is 1. The van der Waals surface area contributed by atoms with E-state index in [1.807, 2.05) is 58.0 Å². The third kappa shape index (κ3) is 4.89. The Labute approximate surface area is 225 Å². The smallest absolute Gasteiger partial charge is 0.270 e. The Morgan fingerprint density at radius 2 is 1.74 bits per heavy atom. The van der Waals surface area contributed by atoms with Gasteiger partial charge in [-0.1, -0.05) is 48.0 Å². The predicted octanol–water partition coefficient (Wildman–Crippen LogP) is 6.04. The minimum absolute atomic E-state index is 0.0591. The van der Waals surface area contributed by atoms with Gasteiger partial charge in [-0.2, -0.15) is 0 Å². The molecule has 3 heterocycles. The number of amides is 1. The molecule has 2 saturated heterocycles. The molecule has 196 valence electrons. The monoisotopic (exact) mass is 534 g/mol. The Hall–Kier alpha value is -3.39. The number of benzene rings is 3. The van der Waals surface area contributed by atoms with Crippen LogP contribution in [0.15, 0.2) is 72.8 Å². The van der Waals surface area contributed by atoms with E-state index in [9.17, 15) is 9.18 Å². The number of hydrogen-bond donors (Lipinski definition) is 0. The minimum Gasteiger partial charge on any atom is -0.488 e. The van der Waals surface area contributed by atoms with Crippen molar-refractivity contribution in [3.63, 3.8) is 0 Å². The van der Waals surface area contributed by atoms with Crippen LogP contribution in [0.25, 0.3) is 10.9 Å². The number of hydrogen-bond acceptors (Lipinski definition) is 4. The first-order valence-corrected chi connectivity index (χ1v) is 13.2. The van der Waals surface area contributed by atoms with Gasteiger partial charge in [0.25, 0.3) is 5.91 Å². The summed E-state index contributed by atoms with van der Waals surface area (Å²) in [6.07, 6.45) is 1.29. The topological polar surface area (TPSA) is 52.9 Å². The van der Waals surface area contributed by atoms with E-state index in [1.54, 1.807) is 18.2 Å². The lowest BCUT2D eigenvalue weighted by Gasteiger charge is -2.37. The predicted molar refractivity (Wildman–Crippen MR) is 143 cm³/mol. The van der Waals surface area contributed by atoms with Crippen LogP contribution in [0.4, 0.5) is 4.39 Å². The number of carbonyl (C=O) groups excluding carboxylic acids is 1. The van der Waals surface area contributed by atoms with Gasteiger partial charge in [-0.25, -0.2) is 4.39 Å². The van der Waals surface area contributed by atoms with Gasteiger partial charge in [0.05, 0.1) is 18.7 Å². The van der Waals surface area contributed by atoms with Crippen LogP contribution < -0.4 is 4.74 Å². The number of piperidine rings is 1. The molecular formula is C30H28ClFN2O4. The molecule has 0 bridgehead atoms. The number of carbonyl (C=O) groups is 1. The van der Waals surface area contributed by atoms with E-state index < -0.39 is 5.79 Å². The maximum Gasteiger partial charge on any atom is 0.270 e. The van der Waals surface area contributed by atoms with Crippen molar-refractivity contribution >= 4 is 28.4 Å². The van der Waals surface area contributed by atoms with Crippen molar-refractivity contribution in [2.24, 2.45) is 0 Å². The normalized spacial score (nSPS) is 16.8. The molecule has 6 nitrogen and oxygen atoms in total. The molecule has 38 heavy (non-hydrogen) atoms. The summed E-state index contributed by atoms with van der Waals surface area (Å²) in [6, 6.07) is 21.8. The summed E-state index contributed by atoms with van der Waals surface area (Å²) in [5.41, 5.74) is 2.87. The first-order chi connectivity index (χ1) is 18.5. The van der Waals surface area contributed by atoms with Crippen molar-refractivity contribution < 1.29 is 23.4 Å². The number of halogens is 2. The summed E-state index contributed by atoms with van der Waals surface area (Å²) in [4.78, 5) is 15.8. The van der Waals surface area contributed by atoms with E-state index >= 15 is 0 Å². The molecule has 2 fully saturated rings. The highest BCUT2D eigenvalue weighted by Crippen LogP contribution is 2.34. The molecule has 1 amide bonds. The van der Waals surface area contributed by atoms with E-state index in [1.165, 1.54) is 6.07 Å². The van der Waals surface area contributed by atoms with Crippen molar-refractivity contribution in [3.05, 3.63) is 100 Å².